The number of nitrogens with zero attached hydrogens (tertiary/aromatic N) is 3. The predicted molar refractivity (Wildman–Crippen MR) is 171 cm³/mol. The summed E-state index contributed by atoms with van der Waals surface area (Å²) in [5, 5.41) is 0.699. The van der Waals surface area contributed by atoms with Crippen molar-refractivity contribution in [2.24, 2.45) is 0 Å². The topological polar surface area (TPSA) is 60.9 Å². The number of halogens is 3. The number of hydrogen-bond acceptors (Lipinski definition) is 4. The van der Waals surface area contributed by atoms with Gasteiger partial charge in [-0.15, -0.1) is 0 Å². The zero-order valence-corrected chi connectivity index (χ0v) is 26.7. The maximum atomic E-state index is 13.7. The summed E-state index contributed by atoms with van der Waals surface area (Å²) in [5.74, 6) is -0.244. The molecule has 1 amide bonds. The van der Waals surface area contributed by atoms with Crippen molar-refractivity contribution in [3.05, 3.63) is 134 Å². The van der Waals surface area contributed by atoms with Gasteiger partial charge in [0.25, 0.3) is 0 Å². The number of sulfonamides is 1. The molecule has 0 spiro atoms. The lowest BCUT2D eigenvalue weighted by molar-refractivity contribution is -0.133. The van der Waals surface area contributed by atoms with Crippen LogP contribution in [0.3, 0.4) is 0 Å². The molecule has 0 aromatic heterocycles. The number of carbonyl (C=O) groups is 1. The van der Waals surface area contributed by atoms with E-state index < -0.39 is 10.0 Å². The predicted octanol–water partition coefficient (Wildman–Crippen LogP) is 6.88. The van der Waals surface area contributed by atoms with E-state index in [1.807, 2.05) is 36.4 Å². The van der Waals surface area contributed by atoms with Crippen LogP contribution in [0.5, 0.6) is 0 Å². The van der Waals surface area contributed by atoms with Crippen LogP contribution in [-0.2, 0) is 21.4 Å². The molecule has 6 nitrogen and oxygen atoms in total. The number of piperazine rings is 1. The number of rotatable bonds is 9. The number of hydrogen-bond donors (Lipinski definition) is 0. The monoisotopic (exact) mass is 685 g/mol. The second-order valence-electron chi connectivity index (χ2n) is 10.1. The van der Waals surface area contributed by atoms with Crippen LogP contribution in [0, 0.1) is 0 Å². The Morgan fingerprint density at radius 3 is 1.90 bits per heavy atom. The van der Waals surface area contributed by atoms with Crippen molar-refractivity contribution in [3.8, 4) is 0 Å². The summed E-state index contributed by atoms with van der Waals surface area (Å²) in [7, 11) is -3.99. The molecular weight excluding hydrogens is 657 g/mol. The molecule has 0 atom stereocenters. The van der Waals surface area contributed by atoms with Gasteiger partial charge in [-0.3, -0.25) is 9.69 Å². The first-order valence-corrected chi connectivity index (χ1v) is 16.5. The van der Waals surface area contributed by atoms with Crippen LogP contribution in [0.2, 0.25) is 10.0 Å². The highest BCUT2D eigenvalue weighted by Crippen LogP contribution is 2.30. The maximum absolute atomic E-state index is 13.7. The molecule has 1 aliphatic rings. The molecular formula is C32H30BrCl2N3O3S. The Bertz CT molecular complexity index is 1580. The standard InChI is InChI=1S/C32H30BrCl2N3O3S/c33-27-12-14-28(15-13-27)42(40,41)38(22-24-11-16-29(34)30(35)21-24)23-31(39)36-17-19-37(20-18-36)32(25-7-3-1-4-8-25)26-9-5-2-6-10-26/h1-16,21,32H,17-20,22-23H2. The number of benzene rings is 4. The van der Waals surface area contributed by atoms with Gasteiger partial charge in [0.1, 0.15) is 0 Å². The van der Waals surface area contributed by atoms with Crippen LogP contribution >= 0.6 is 39.1 Å². The molecule has 4 aromatic carbocycles. The fraction of sp³-hybridized carbons (Fsp3) is 0.219. The van der Waals surface area contributed by atoms with Crippen LogP contribution in [0.1, 0.15) is 22.7 Å². The van der Waals surface area contributed by atoms with Crippen LogP contribution in [-0.4, -0.2) is 61.2 Å². The van der Waals surface area contributed by atoms with E-state index in [1.165, 1.54) is 27.6 Å². The summed E-state index contributed by atoms with van der Waals surface area (Å²) in [5.41, 5.74) is 3.02. The lowest BCUT2D eigenvalue weighted by Gasteiger charge is -2.40. The molecule has 4 aromatic rings. The third-order valence-corrected chi connectivity index (χ3v) is 10.4. The third-order valence-electron chi connectivity index (χ3n) is 7.37. The van der Waals surface area contributed by atoms with Crippen LogP contribution in [0.4, 0.5) is 0 Å². The Balaban J connectivity index is 1.33. The average Bonchev–Trinajstić information content (AvgIpc) is 3.00. The van der Waals surface area contributed by atoms with E-state index in [1.54, 1.807) is 35.2 Å². The Kier molecular flexibility index (Phi) is 10.0. The van der Waals surface area contributed by atoms with Gasteiger partial charge < -0.3 is 4.90 Å². The molecule has 0 bridgehead atoms. The molecule has 0 unspecified atom stereocenters. The van der Waals surface area contributed by atoms with Gasteiger partial charge in [-0.25, -0.2) is 8.42 Å². The van der Waals surface area contributed by atoms with Crippen molar-refractivity contribution >= 4 is 55.1 Å². The number of carbonyl (C=O) groups excluding carboxylic acids is 1. The van der Waals surface area contributed by atoms with Crippen LogP contribution in [0.25, 0.3) is 0 Å². The highest BCUT2D eigenvalue weighted by Gasteiger charge is 2.32. The van der Waals surface area contributed by atoms with Crippen LogP contribution < -0.4 is 0 Å². The molecule has 1 heterocycles. The fourth-order valence-electron chi connectivity index (χ4n) is 5.19. The molecule has 218 valence electrons. The van der Waals surface area contributed by atoms with E-state index >= 15 is 0 Å². The Morgan fingerprint density at radius 1 is 0.786 bits per heavy atom. The third kappa shape index (κ3) is 7.25. The normalized spacial score (nSPS) is 14.5. The molecule has 1 aliphatic heterocycles. The quantitative estimate of drug-likeness (QED) is 0.193. The average molecular weight is 687 g/mol. The minimum Gasteiger partial charge on any atom is -0.339 e. The molecule has 0 radical (unpaired) electrons. The van der Waals surface area contributed by atoms with Crippen molar-refractivity contribution in [3.63, 3.8) is 0 Å². The Morgan fingerprint density at radius 2 is 1.36 bits per heavy atom. The zero-order valence-electron chi connectivity index (χ0n) is 22.7. The molecule has 5 rings (SSSR count). The summed E-state index contributed by atoms with van der Waals surface area (Å²) < 4.78 is 29.5. The molecule has 1 saturated heterocycles. The van der Waals surface area contributed by atoms with Crippen molar-refractivity contribution < 1.29 is 13.2 Å². The van der Waals surface area contributed by atoms with Gasteiger partial charge in [0.15, 0.2) is 0 Å². The second-order valence-corrected chi connectivity index (χ2v) is 13.8. The molecule has 42 heavy (non-hydrogen) atoms. The minimum atomic E-state index is -3.99. The first kappa shape index (κ1) is 30.7. The molecule has 0 N–H and O–H groups in total. The van der Waals surface area contributed by atoms with Gasteiger partial charge in [-0.1, -0.05) is 106 Å². The van der Waals surface area contributed by atoms with Crippen molar-refractivity contribution in [1.29, 1.82) is 0 Å². The first-order chi connectivity index (χ1) is 20.2. The van der Waals surface area contributed by atoms with E-state index in [0.717, 1.165) is 4.47 Å². The van der Waals surface area contributed by atoms with E-state index in [0.29, 0.717) is 41.8 Å². The molecule has 0 aliphatic carbocycles. The van der Waals surface area contributed by atoms with Crippen LogP contribution in [0.15, 0.2) is 112 Å². The van der Waals surface area contributed by atoms with Gasteiger partial charge in [0.2, 0.25) is 15.9 Å². The lowest BCUT2D eigenvalue weighted by atomic mass is 9.96. The second kappa shape index (κ2) is 13.7. The highest BCUT2D eigenvalue weighted by molar-refractivity contribution is 9.10. The fourth-order valence-corrected chi connectivity index (χ4v) is 7.15. The van der Waals surface area contributed by atoms with Gasteiger partial charge >= 0.3 is 0 Å². The molecule has 0 saturated carbocycles. The lowest BCUT2D eigenvalue weighted by Crippen LogP contribution is -2.52. The van der Waals surface area contributed by atoms with Gasteiger partial charge in [-0.2, -0.15) is 4.31 Å². The minimum absolute atomic E-state index is 0.0227. The van der Waals surface area contributed by atoms with Crippen molar-refractivity contribution in [2.45, 2.75) is 17.5 Å². The summed E-state index contributed by atoms with van der Waals surface area (Å²) in [4.78, 5) is 17.9. The summed E-state index contributed by atoms with van der Waals surface area (Å²) in [6.07, 6.45) is 0. The summed E-state index contributed by atoms with van der Waals surface area (Å²) in [6.45, 7) is 1.99. The largest absolute Gasteiger partial charge is 0.339 e. The smallest absolute Gasteiger partial charge is 0.243 e. The van der Waals surface area contributed by atoms with E-state index in [-0.39, 0.29) is 29.9 Å². The SMILES string of the molecule is O=C(CN(Cc1ccc(Cl)c(Cl)c1)S(=O)(=O)c1ccc(Br)cc1)N1CCN(C(c2ccccc2)c2ccccc2)CC1. The van der Waals surface area contributed by atoms with Gasteiger partial charge in [-0.05, 0) is 53.1 Å². The molecule has 1 fully saturated rings. The highest BCUT2D eigenvalue weighted by atomic mass is 79.9. The maximum Gasteiger partial charge on any atom is 0.243 e. The van der Waals surface area contributed by atoms with Crippen molar-refractivity contribution in [1.82, 2.24) is 14.1 Å². The zero-order chi connectivity index (χ0) is 29.7. The van der Waals surface area contributed by atoms with Gasteiger partial charge in [0.05, 0.1) is 27.5 Å². The summed E-state index contributed by atoms with van der Waals surface area (Å²) in [6, 6.07) is 32.1. The van der Waals surface area contributed by atoms with Gasteiger partial charge in [0, 0.05) is 37.2 Å². The van der Waals surface area contributed by atoms with E-state index in [2.05, 4.69) is 45.1 Å². The Hall–Kier alpha value is -2.72. The molecule has 10 heteroatoms. The van der Waals surface area contributed by atoms with E-state index in [9.17, 15) is 13.2 Å². The first-order valence-electron chi connectivity index (χ1n) is 13.5. The Labute approximate surface area is 265 Å². The van der Waals surface area contributed by atoms with E-state index in [4.69, 9.17) is 23.2 Å². The van der Waals surface area contributed by atoms with Crippen molar-refractivity contribution in [2.75, 3.05) is 32.7 Å². The number of amides is 1. The summed E-state index contributed by atoms with van der Waals surface area (Å²) >= 11 is 15.7.